The van der Waals surface area contributed by atoms with Crippen LogP contribution in [-0.2, 0) is 12.2 Å². The molecular formula is C17H23N3S. The third-order valence-electron chi connectivity index (χ3n) is 3.41. The molecule has 21 heavy (non-hydrogen) atoms. The molecule has 0 spiro atoms. The normalized spacial score (nSPS) is 10.7. The average molecular weight is 301 g/mol. The molecule has 0 bridgehead atoms. The van der Waals surface area contributed by atoms with Crippen molar-refractivity contribution in [3.8, 4) is 0 Å². The van der Waals surface area contributed by atoms with Gasteiger partial charge in [0.15, 0.2) is 0 Å². The number of benzene rings is 1. The summed E-state index contributed by atoms with van der Waals surface area (Å²) in [6.07, 6.45) is 0.958. The van der Waals surface area contributed by atoms with Crippen LogP contribution in [0.15, 0.2) is 29.2 Å². The fourth-order valence-corrected chi connectivity index (χ4v) is 3.20. The van der Waals surface area contributed by atoms with Crippen LogP contribution in [0.25, 0.3) is 0 Å². The number of anilines is 1. The molecule has 1 heterocycles. The number of rotatable bonds is 6. The molecule has 1 aromatic carbocycles. The van der Waals surface area contributed by atoms with Crippen LogP contribution in [0.4, 0.5) is 5.82 Å². The standard InChI is InChI=1S/C17H23N3S/c1-5-14-13(4)19-16(20-17(14)18-6-2)11-21-15-10-8-7-9-12(15)3/h7-10H,5-6,11H2,1-4H3,(H,18,19,20). The number of thioether (sulfide) groups is 1. The molecule has 0 saturated heterocycles. The predicted octanol–water partition coefficient (Wildman–Crippen LogP) is 4.38. The van der Waals surface area contributed by atoms with Gasteiger partial charge in [-0.3, -0.25) is 0 Å². The highest BCUT2D eigenvalue weighted by Gasteiger charge is 2.10. The lowest BCUT2D eigenvalue weighted by Gasteiger charge is -2.13. The maximum absolute atomic E-state index is 4.70. The van der Waals surface area contributed by atoms with Crippen molar-refractivity contribution in [3.05, 3.63) is 46.9 Å². The van der Waals surface area contributed by atoms with Crippen molar-refractivity contribution < 1.29 is 0 Å². The summed E-state index contributed by atoms with van der Waals surface area (Å²) in [5.74, 6) is 2.69. The third kappa shape index (κ3) is 3.97. The molecular weight excluding hydrogens is 278 g/mol. The Kier molecular flexibility index (Phi) is 5.62. The van der Waals surface area contributed by atoms with Gasteiger partial charge in [0.05, 0.1) is 5.75 Å². The average Bonchev–Trinajstić information content (AvgIpc) is 2.47. The summed E-state index contributed by atoms with van der Waals surface area (Å²) >= 11 is 1.80. The van der Waals surface area contributed by atoms with Crippen LogP contribution in [0.5, 0.6) is 0 Å². The molecule has 0 fully saturated rings. The molecule has 0 saturated carbocycles. The summed E-state index contributed by atoms with van der Waals surface area (Å²) in [5.41, 5.74) is 3.61. The first kappa shape index (κ1) is 15.8. The van der Waals surface area contributed by atoms with Gasteiger partial charge in [-0.1, -0.05) is 25.1 Å². The zero-order valence-electron chi connectivity index (χ0n) is 13.2. The summed E-state index contributed by atoms with van der Waals surface area (Å²) in [6, 6.07) is 8.43. The smallest absolute Gasteiger partial charge is 0.141 e. The van der Waals surface area contributed by atoms with Crippen LogP contribution in [0, 0.1) is 13.8 Å². The lowest BCUT2D eigenvalue weighted by Crippen LogP contribution is -2.09. The van der Waals surface area contributed by atoms with Crippen LogP contribution in [0.2, 0.25) is 0 Å². The Bertz CT molecular complexity index is 611. The largest absolute Gasteiger partial charge is 0.370 e. The molecule has 1 aromatic heterocycles. The van der Waals surface area contributed by atoms with E-state index in [0.29, 0.717) is 0 Å². The van der Waals surface area contributed by atoms with Gasteiger partial charge in [-0.05, 0) is 38.8 Å². The van der Waals surface area contributed by atoms with E-state index in [2.05, 4.69) is 62.3 Å². The van der Waals surface area contributed by atoms with Crippen LogP contribution < -0.4 is 5.32 Å². The van der Waals surface area contributed by atoms with Gasteiger partial charge in [-0.15, -0.1) is 11.8 Å². The topological polar surface area (TPSA) is 37.8 Å². The first-order chi connectivity index (χ1) is 10.2. The van der Waals surface area contributed by atoms with E-state index in [1.165, 1.54) is 16.0 Å². The Labute approximate surface area is 131 Å². The van der Waals surface area contributed by atoms with Crippen molar-refractivity contribution in [1.82, 2.24) is 9.97 Å². The minimum Gasteiger partial charge on any atom is -0.370 e. The van der Waals surface area contributed by atoms with E-state index in [-0.39, 0.29) is 0 Å². The van der Waals surface area contributed by atoms with E-state index >= 15 is 0 Å². The Hall–Kier alpha value is -1.55. The molecule has 1 N–H and O–H groups in total. The van der Waals surface area contributed by atoms with E-state index in [4.69, 9.17) is 4.98 Å². The molecule has 0 aliphatic heterocycles. The van der Waals surface area contributed by atoms with Gasteiger partial charge >= 0.3 is 0 Å². The Morgan fingerprint density at radius 3 is 2.52 bits per heavy atom. The predicted molar refractivity (Wildman–Crippen MR) is 91.1 cm³/mol. The molecule has 0 aliphatic carbocycles. The molecule has 112 valence electrons. The first-order valence-corrected chi connectivity index (χ1v) is 8.43. The number of hydrogen-bond acceptors (Lipinski definition) is 4. The molecule has 0 radical (unpaired) electrons. The Balaban J connectivity index is 2.19. The van der Waals surface area contributed by atoms with Gasteiger partial charge < -0.3 is 5.32 Å². The van der Waals surface area contributed by atoms with Crippen molar-refractivity contribution in [2.75, 3.05) is 11.9 Å². The lowest BCUT2D eigenvalue weighted by atomic mass is 10.1. The van der Waals surface area contributed by atoms with E-state index in [1.807, 2.05) is 0 Å². The second-order valence-corrected chi connectivity index (χ2v) is 6.01. The molecule has 0 unspecified atom stereocenters. The van der Waals surface area contributed by atoms with Gasteiger partial charge in [0.2, 0.25) is 0 Å². The number of nitrogens with one attached hydrogen (secondary N) is 1. The minimum absolute atomic E-state index is 0.800. The zero-order valence-corrected chi connectivity index (χ0v) is 14.0. The van der Waals surface area contributed by atoms with Gasteiger partial charge in [0, 0.05) is 22.7 Å². The highest BCUT2D eigenvalue weighted by Crippen LogP contribution is 2.26. The van der Waals surface area contributed by atoms with Crippen molar-refractivity contribution >= 4 is 17.6 Å². The number of hydrogen-bond donors (Lipinski definition) is 1. The fraction of sp³-hybridized carbons (Fsp3) is 0.412. The fourth-order valence-electron chi connectivity index (χ4n) is 2.32. The second kappa shape index (κ2) is 7.46. The Morgan fingerprint density at radius 2 is 1.86 bits per heavy atom. The third-order valence-corrected chi connectivity index (χ3v) is 4.58. The summed E-state index contributed by atoms with van der Waals surface area (Å²) < 4.78 is 0. The second-order valence-electron chi connectivity index (χ2n) is 4.99. The molecule has 4 heteroatoms. The molecule has 2 rings (SSSR count). The van der Waals surface area contributed by atoms with Crippen molar-refractivity contribution in [1.29, 1.82) is 0 Å². The highest BCUT2D eigenvalue weighted by molar-refractivity contribution is 7.98. The summed E-state index contributed by atoms with van der Waals surface area (Å²) in [5, 5.41) is 3.36. The van der Waals surface area contributed by atoms with E-state index in [1.54, 1.807) is 11.8 Å². The molecule has 0 aliphatic rings. The molecule has 0 amide bonds. The first-order valence-electron chi connectivity index (χ1n) is 7.44. The SMILES string of the molecule is CCNc1nc(CSc2ccccc2C)nc(C)c1CC. The number of aryl methyl sites for hydroxylation is 2. The highest BCUT2D eigenvalue weighted by atomic mass is 32.2. The maximum Gasteiger partial charge on any atom is 0.141 e. The van der Waals surface area contributed by atoms with Gasteiger partial charge in [-0.2, -0.15) is 0 Å². The van der Waals surface area contributed by atoms with Crippen molar-refractivity contribution in [2.45, 2.75) is 44.8 Å². The van der Waals surface area contributed by atoms with Crippen molar-refractivity contribution in [3.63, 3.8) is 0 Å². The van der Waals surface area contributed by atoms with Crippen LogP contribution in [0.3, 0.4) is 0 Å². The summed E-state index contributed by atoms with van der Waals surface area (Å²) in [4.78, 5) is 10.7. The van der Waals surface area contributed by atoms with Crippen molar-refractivity contribution in [2.24, 2.45) is 0 Å². The van der Waals surface area contributed by atoms with Gasteiger partial charge in [0.25, 0.3) is 0 Å². The maximum atomic E-state index is 4.70. The lowest BCUT2D eigenvalue weighted by molar-refractivity contribution is 0.932. The van der Waals surface area contributed by atoms with E-state index in [0.717, 1.165) is 36.1 Å². The molecule has 0 atom stereocenters. The monoisotopic (exact) mass is 301 g/mol. The van der Waals surface area contributed by atoms with Gasteiger partial charge in [-0.25, -0.2) is 9.97 Å². The van der Waals surface area contributed by atoms with E-state index < -0.39 is 0 Å². The Morgan fingerprint density at radius 1 is 1.10 bits per heavy atom. The van der Waals surface area contributed by atoms with Gasteiger partial charge in [0.1, 0.15) is 11.6 Å². The number of nitrogens with zero attached hydrogens (tertiary/aromatic N) is 2. The van der Waals surface area contributed by atoms with Crippen LogP contribution in [0.1, 0.15) is 36.5 Å². The quantitative estimate of drug-likeness (QED) is 0.804. The molecule has 2 aromatic rings. The molecule has 3 nitrogen and oxygen atoms in total. The van der Waals surface area contributed by atoms with Crippen LogP contribution in [-0.4, -0.2) is 16.5 Å². The zero-order chi connectivity index (χ0) is 15.2. The summed E-state index contributed by atoms with van der Waals surface area (Å²) in [7, 11) is 0. The minimum atomic E-state index is 0.800. The van der Waals surface area contributed by atoms with Crippen LogP contribution >= 0.6 is 11.8 Å². The van der Waals surface area contributed by atoms with E-state index in [9.17, 15) is 0 Å². The summed E-state index contributed by atoms with van der Waals surface area (Å²) in [6.45, 7) is 9.34. The number of aromatic nitrogens is 2.